The van der Waals surface area contributed by atoms with Crippen LogP contribution >= 0.6 is 11.6 Å². The largest absolute Gasteiger partial charge is 0.347 e. The van der Waals surface area contributed by atoms with E-state index in [0.29, 0.717) is 6.07 Å². The Labute approximate surface area is 118 Å². The number of amides is 2. The Hall–Kier alpha value is -1.76. The normalized spacial score (nSPS) is 11.8. The number of halogens is 4. The lowest BCUT2D eigenvalue weighted by Crippen LogP contribution is -2.36. The van der Waals surface area contributed by atoms with Crippen molar-refractivity contribution in [3.63, 3.8) is 0 Å². The molecule has 0 radical (unpaired) electrons. The molecule has 20 heavy (non-hydrogen) atoms. The maximum absolute atomic E-state index is 13.3. The van der Waals surface area contributed by atoms with Gasteiger partial charge in [0.05, 0.1) is 12.2 Å². The summed E-state index contributed by atoms with van der Waals surface area (Å²) in [6.07, 6.45) is 0. The lowest BCUT2D eigenvalue weighted by Gasteiger charge is -2.10. The molecule has 1 aromatic rings. The summed E-state index contributed by atoms with van der Waals surface area (Å²) >= 11 is 5.46. The highest BCUT2D eigenvalue weighted by atomic mass is 35.5. The van der Waals surface area contributed by atoms with Gasteiger partial charge in [0.15, 0.2) is 17.5 Å². The molecule has 0 fully saturated rings. The van der Waals surface area contributed by atoms with Gasteiger partial charge < -0.3 is 10.6 Å². The van der Waals surface area contributed by atoms with Gasteiger partial charge in [-0.05, 0) is 12.1 Å². The third-order valence-corrected chi connectivity index (χ3v) is 2.87. The van der Waals surface area contributed by atoms with Crippen molar-refractivity contribution in [2.75, 3.05) is 17.7 Å². The second-order valence-corrected chi connectivity index (χ2v) is 4.35. The van der Waals surface area contributed by atoms with E-state index in [0.717, 1.165) is 6.07 Å². The van der Waals surface area contributed by atoms with Gasteiger partial charge in [-0.1, -0.05) is 6.92 Å². The zero-order valence-corrected chi connectivity index (χ0v) is 11.2. The minimum absolute atomic E-state index is 0.0885. The zero-order chi connectivity index (χ0) is 15.3. The molecule has 0 saturated heterocycles. The maximum Gasteiger partial charge on any atom is 0.243 e. The van der Waals surface area contributed by atoms with Gasteiger partial charge in [0, 0.05) is 11.8 Å². The standard InChI is InChI=1S/C12H12ClF3N2O2/c1-6(4-13)12(20)17-5-9(19)18-8-3-2-7(14)10(15)11(8)16/h2-3,6H,4-5H2,1H3,(H,17,20)(H,18,19). The highest BCUT2D eigenvalue weighted by Crippen LogP contribution is 2.19. The van der Waals surface area contributed by atoms with E-state index < -0.39 is 47.4 Å². The smallest absolute Gasteiger partial charge is 0.243 e. The van der Waals surface area contributed by atoms with E-state index in [2.05, 4.69) is 5.32 Å². The SMILES string of the molecule is CC(CCl)C(=O)NCC(=O)Nc1ccc(F)c(F)c1F. The first-order chi connectivity index (χ1) is 9.36. The fourth-order valence-electron chi connectivity index (χ4n) is 1.23. The Bertz CT molecular complexity index is 526. The molecule has 0 bridgehead atoms. The number of hydrogen-bond acceptors (Lipinski definition) is 2. The monoisotopic (exact) mass is 308 g/mol. The molecular formula is C12H12ClF3N2O2. The third kappa shape index (κ3) is 4.12. The highest BCUT2D eigenvalue weighted by Gasteiger charge is 2.16. The molecule has 4 nitrogen and oxygen atoms in total. The van der Waals surface area contributed by atoms with E-state index in [1.165, 1.54) is 0 Å². The molecule has 0 aliphatic heterocycles. The lowest BCUT2D eigenvalue weighted by atomic mass is 10.2. The van der Waals surface area contributed by atoms with Gasteiger partial charge in [0.25, 0.3) is 0 Å². The molecule has 2 N–H and O–H groups in total. The zero-order valence-electron chi connectivity index (χ0n) is 10.5. The van der Waals surface area contributed by atoms with E-state index >= 15 is 0 Å². The minimum atomic E-state index is -1.68. The summed E-state index contributed by atoms with van der Waals surface area (Å²) < 4.78 is 38.9. The van der Waals surface area contributed by atoms with Gasteiger partial charge in [0.1, 0.15) is 0 Å². The molecule has 1 rings (SSSR count). The topological polar surface area (TPSA) is 58.2 Å². The number of nitrogens with one attached hydrogen (secondary N) is 2. The second-order valence-electron chi connectivity index (χ2n) is 4.04. The number of anilines is 1. The Kier molecular flexibility index (Phi) is 5.82. The summed E-state index contributed by atoms with van der Waals surface area (Å²) in [6.45, 7) is 1.13. The Morgan fingerprint density at radius 1 is 1.25 bits per heavy atom. The van der Waals surface area contributed by atoms with Crippen LogP contribution < -0.4 is 10.6 Å². The molecule has 0 aliphatic rings. The van der Waals surface area contributed by atoms with Crippen molar-refractivity contribution in [2.24, 2.45) is 5.92 Å². The summed E-state index contributed by atoms with van der Waals surface area (Å²) in [4.78, 5) is 22.8. The predicted molar refractivity (Wildman–Crippen MR) is 67.8 cm³/mol. The highest BCUT2D eigenvalue weighted by molar-refractivity contribution is 6.19. The number of alkyl halides is 1. The molecule has 1 atom stereocenters. The predicted octanol–water partition coefficient (Wildman–Crippen LogP) is 2.03. The summed E-state index contributed by atoms with van der Waals surface area (Å²) in [7, 11) is 0. The van der Waals surface area contributed by atoms with E-state index in [1.54, 1.807) is 6.92 Å². The van der Waals surface area contributed by atoms with Crippen molar-refractivity contribution in [3.05, 3.63) is 29.6 Å². The average Bonchev–Trinajstić information content (AvgIpc) is 2.44. The summed E-state index contributed by atoms with van der Waals surface area (Å²) in [5.41, 5.74) is -0.506. The first-order valence-electron chi connectivity index (χ1n) is 5.63. The van der Waals surface area contributed by atoms with Crippen molar-refractivity contribution in [2.45, 2.75) is 6.92 Å². The van der Waals surface area contributed by atoms with E-state index in [4.69, 9.17) is 11.6 Å². The van der Waals surface area contributed by atoms with Gasteiger partial charge in [-0.15, -0.1) is 11.6 Å². The number of rotatable bonds is 5. The van der Waals surface area contributed by atoms with Crippen molar-refractivity contribution >= 4 is 29.1 Å². The Balaban J connectivity index is 2.60. The number of hydrogen-bond donors (Lipinski definition) is 2. The Morgan fingerprint density at radius 2 is 1.90 bits per heavy atom. The van der Waals surface area contributed by atoms with Crippen molar-refractivity contribution < 1.29 is 22.8 Å². The van der Waals surface area contributed by atoms with Gasteiger partial charge in [0.2, 0.25) is 11.8 Å². The van der Waals surface area contributed by atoms with Crippen LogP contribution in [0.1, 0.15) is 6.92 Å². The Morgan fingerprint density at radius 3 is 2.50 bits per heavy atom. The van der Waals surface area contributed by atoms with Crippen LogP contribution in [0.2, 0.25) is 0 Å². The molecule has 0 aliphatic carbocycles. The van der Waals surface area contributed by atoms with Crippen LogP contribution in [0.5, 0.6) is 0 Å². The van der Waals surface area contributed by atoms with Crippen molar-refractivity contribution in [3.8, 4) is 0 Å². The van der Waals surface area contributed by atoms with Crippen LogP contribution in [-0.4, -0.2) is 24.2 Å². The summed E-state index contributed by atoms with van der Waals surface area (Å²) in [5, 5.41) is 4.30. The van der Waals surface area contributed by atoms with E-state index in [9.17, 15) is 22.8 Å². The quantitative estimate of drug-likeness (QED) is 0.646. The molecule has 1 unspecified atom stereocenters. The van der Waals surface area contributed by atoms with Crippen LogP contribution in [0.25, 0.3) is 0 Å². The molecular weight excluding hydrogens is 297 g/mol. The molecule has 8 heteroatoms. The fourth-order valence-corrected chi connectivity index (χ4v) is 1.37. The van der Waals surface area contributed by atoms with Gasteiger partial charge >= 0.3 is 0 Å². The van der Waals surface area contributed by atoms with Gasteiger partial charge in [-0.3, -0.25) is 9.59 Å². The van der Waals surface area contributed by atoms with E-state index in [-0.39, 0.29) is 5.88 Å². The fraction of sp³-hybridized carbons (Fsp3) is 0.333. The second kappa shape index (κ2) is 7.14. The van der Waals surface area contributed by atoms with E-state index in [1.807, 2.05) is 5.32 Å². The van der Waals surface area contributed by atoms with Gasteiger partial charge in [-0.2, -0.15) is 0 Å². The van der Waals surface area contributed by atoms with Crippen LogP contribution in [-0.2, 0) is 9.59 Å². The molecule has 0 spiro atoms. The molecule has 0 heterocycles. The molecule has 2 amide bonds. The first-order valence-corrected chi connectivity index (χ1v) is 6.17. The van der Waals surface area contributed by atoms with Crippen LogP contribution in [0.15, 0.2) is 12.1 Å². The van der Waals surface area contributed by atoms with Crippen molar-refractivity contribution in [1.29, 1.82) is 0 Å². The average molecular weight is 309 g/mol. The molecule has 1 aromatic carbocycles. The van der Waals surface area contributed by atoms with Crippen LogP contribution in [0, 0.1) is 23.4 Å². The number of carbonyl (C=O) groups is 2. The molecule has 110 valence electrons. The summed E-state index contributed by atoms with van der Waals surface area (Å²) in [6, 6.07) is 1.57. The maximum atomic E-state index is 13.3. The van der Waals surface area contributed by atoms with Crippen LogP contribution in [0.3, 0.4) is 0 Å². The minimum Gasteiger partial charge on any atom is -0.347 e. The lowest BCUT2D eigenvalue weighted by molar-refractivity contribution is -0.126. The molecule has 0 saturated carbocycles. The number of benzene rings is 1. The molecule has 0 aromatic heterocycles. The number of carbonyl (C=O) groups excluding carboxylic acids is 2. The first kappa shape index (κ1) is 16.3. The van der Waals surface area contributed by atoms with Crippen LogP contribution in [0.4, 0.5) is 18.9 Å². The third-order valence-electron chi connectivity index (χ3n) is 2.41. The van der Waals surface area contributed by atoms with Crippen molar-refractivity contribution in [1.82, 2.24) is 5.32 Å². The van der Waals surface area contributed by atoms with Gasteiger partial charge in [-0.25, -0.2) is 13.2 Å². The summed E-state index contributed by atoms with van der Waals surface area (Å²) in [5.74, 6) is -6.15.